The predicted octanol–water partition coefficient (Wildman–Crippen LogP) is 3.22. The zero-order valence-corrected chi connectivity index (χ0v) is 17.5. The van der Waals surface area contributed by atoms with Gasteiger partial charge in [-0.15, -0.1) is 0 Å². The second kappa shape index (κ2) is 8.04. The van der Waals surface area contributed by atoms with Crippen molar-refractivity contribution in [2.75, 3.05) is 45.9 Å². The van der Waals surface area contributed by atoms with Gasteiger partial charge in [0.1, 0.15) is 0 Å². The Morgan fingerprint density at radius 1 is 1.17 bits per heavy atom. The molecule has 154 valence electrons. The van der Waals surface area contributed by atoms with Crippen molar-refractivity contribution >= 4 is 16.8 Å². The number of benzene rings is 1. The first-order valence-corrected chi connectivity index (χ1v) is 11.2. The van der Waals surface area contributed by atoms with Gasteiger partial charge in [0.05, 0.1) is 17.7 Å². The molecule has 0 radical (unpaired) electrons. The summed E-state index contributed by atoms with van der Waals surface area (Å²) < 4.78 is 5.52. The number of fused-ring (bicyclic) bond motifs is 2. The van der Waals surface area contributed by atoms with E-state index in [0.29, 0.717) is 5.92 Å². The normalized spacial score (nSPS) is 22.8. The van der Waals surface area contributed by atoms with Crippen LogP contribution in [0.25, 0.3) is 10.9 Å². The molecule has 0 saturated carbocycles. The smallest absolute Gasteiger partial charge is 0.254 e. The van der Waals surface area contributed by atoms with Crippen molar-refractivity contribution in [1.82, 2.24) is 14.8 Å². The number of aromatic nitrogens is 1. The van der Waals surface area contributed by atoms with Crippen LogP contribution in [0.4, 0.5) is 0 Å². The van der Waals surface area contributed by atoms with Crippen LogP contribution >= 0.6 is 0 Å². The molecule has 1 atom stereocenters. The molecule has 0 bridgehead atoms. The van der Waals surface area contributed by atoms with E-state index in [4.69, 9.17) is 9.72 Å². The van der Waals surface area contributed by atoms with Crippen LogP contribution in [0.5, 0.6) is 0 Å². The average molecular weight is 394 g/mol. The molecular formula is C24H31N3O2. The van der Waals surface area contributed by atoms with Crippen molar-refractivity contribution in [1.29, 1.82) is 0 Å². The van der Waals surface area contributed by atoms with Crippen LogP contribution in [0.3, 0.4) is 0 Å². The first-order valence-electron chi connectivity index (χ1n) is 11.2. The molecule has 1 aromatic carbocycles. The molecule has 29 heavy (non-hydrogen) atoms. The third-order valence-electron chi connectivity index (χ3n) is 6.83. The number of hydrogen-bond acceptors (Lipinski definition) is 4. The Kier molecular flexibility index (Phi) is 5.27. The fraction of sp³-hybridized carbons (Fsp3) is 0.583. The molecular weight excluding hydrogens is 362 g/mol. The Morgan fingerprint density at radius 3 is 2.79 bits per heavy atom. The van der Waals surface area contributed by atoms with E-state index < -0.39 is 0 Å². The van der Waals surface area contributed by atoms with Gasteiger partial charge >= 0.3 is 0 Å². The van der Waals surface area contributed by atoms with Crippen molar-refractivity contribution in [3.05, 3.63) is 40.6 Å². The molecule has 2 fully saturated rings. The van der Waals surface area contributed by atoms with Crippen LogP contribution in [-0.2, 0) is 17.6 Å². The maximum Gasteiger partial charge on any atom is 0.254 e. The van der Waals surface area contributed by atoms with Crippen LogP contribution in [0, 0.1) is 12.8 Å². The van der Waals surface area contributed by atoms with E-state index in [-0.39, 0.29) is 5.91 Å². The second-order valence-electron chi connectivity index (χ2n) is 8.96. The van der Waals surface area contributed by atoms with Crippen LogP contribution < -0.4 is 0 Å². The van der Waals surface area contributed by atoms with E-state index in [2.05, 4.69) is 34.9 Å². The van der Waals surface area contributed by atoms with Crippen LogP contribution in [0.1, 0.15) is 46.4 Å². The van der Waals surface area contributed by atoms with Crippen LogP contribution in [-0.4, -0.2) is 66.6 Å². The van der Waals surface area contributed by atoms with Gasteiger partial charge in [0, 0.05) is 50.4 Å². The highest BCUT2D eigenvalue weighted by Crippen LogP contribution is 2.31. The van der Waals surface area contributed by atoms with Gasteiger partial charge in [-0.25, -0.2) is 0 Å². The lowest BCUT2D eigenvalue weighted by Gasteiger charge is -2.36. The van der Waals surface area contributed by atoms with Gasteiger partial charge in [-0.3, -0.25) is 14.7 Å². The van der Waals surface area contributed by atoms with Gasteiger partial charge in [-0.05, 0) is 62.6 Å². The van der Waals surface area contributed by atoms with Gasteiger partial charge in [-0.2, -0.15) is 0 Å². The fourth-order valence-corrected chi connectivity index (χ4v) is 5.17. The minimum absolute atomic E-state index is 0.213. The van der Waals surface area contributed by atoms with Gasteiger partial charge in [-0.1, -0.05) is 11.6 Å². The molecule has 1 aliphatic carbocycles. The molecule has 5 nitrogen and oxygen atoms in total. The summed E-state index contributed by atoms with van der Waals surface area (Å²) in [6.07, 6.45) is 5.48. The van der Waals surface area contributed by atoms with Gasteiger partial charge in [0.15, 0.2) is 0 Å². The summed E-state index contributed by atoms with van der Waals surface area (Å²) in [5.41, 5.74) is 5.46. The molecule has 3 aliphatic rings. The average Bonchev–Trinajstić information content (AvgIpc) is 3.25. The molecule has 1 aromatic heterocycles. The SMILES string of the molecule is Cc1ccc2nc3c(c(C(=O)N4CCN(C[C@H]5CCOC5)CC4)c2c1)CCCC3. The summed E-state index contributed by atoms with van der Waals surface area (Å²) in [7, 11) is 0. The molecule has 2 aliphatic heterocycles. The minimum Gasteiger partial charge on any atom is -0.381 e. The maximum atomic E-state index is 13.7. The quantitative estimate of drug-likeness (QED) is 0.803. The maximum absolute atomic E-state index is 13.7. The van der Waals surface area contributed by atoms with Gasteiger partial charge in [0.2, 0.25) is 0 Å². The number of ether oxygens (including phenoxy) is 1. The number of carbonyl (C=O) groups excluding carboxylic acids is 1. The highest BCUT2D eigenvalue weighted by molar-refractivity contribution is 6.08. The van der Waals surface area contributed by atoms with E-state index in [1.165, 1.54) is 24.0 Å². The molecule has 2 aromatic rings. The number of aryl methyl sites for hydroxylation is 2. The van der Waals surface area contributed by atoms with Crippen LogP contribution in [0.15, 0.2) is 18.2 Å². The zero-order chi connectivity index (χ0) is 19.8. The number of carbonyl (C=O) groups is 1. The lowest BCUT2D eigenvalue weighted by molar-refractivity contribution is 0.0611. The van der Waals surface area contributed by atoms with Gasteiger partial charge in [0.25, 0.3) is 5.91 Å². The van der Waals surface area contributed by atoms with Crippen molar-refractivity contribution in [2.45, 2.75) is 39.0 Å². The summed E-state index contributed by atoms with van der Waals surface area (Å²) in [6.45, 7) is 8.57. The Balaban J connectivity index is 1.40. The highest BCUT2D eigenvalue weighted by atomic mass is 16.5. The Morgan fingerprint density at radius 2 is 2.00 bits per heavy atom. The zero-order valence-electron chi connectivity index (χ0n) is 17.5. The van der Waals surface area contributed by atoms with Crippen molar-refractivity contribution in [3.63, 3.8) is 0 Å². The predicted molar refractivity (Wildman–Crippen MR) is 114 cm³/mol. The summed E-state index contributed by atoms with van der Waals surface area (Å²) >= 11 is 0. The number of amides is 1. The standard InChI is InChI=1S/C24H31N3O2/c1-17-6-7-22-20(14-17)23(19-4-2-3-5-21(19)25-22)24(28)27-11-9-26(10-12-27)15-18-8-13-29-16-18/h6-7,14,18H,2-5,8-13,15-16H2,1H3/t18-/m1/s1. The van der Waals surface area contributed by atoms with Crippen molar-refractivity contribution in [2.24, 2.45) is 5.92 Å². The number of nitrogens with zero attached hydrogens (tertiary/aromatic N) is 3. The van der Waals surface area contributed by atoms with E-state index in [0.717, 1.165) is 87.4 Å². The monoisotopic (exact) mass is 393 g/mol. The molecule has 0 unspecified atom stereocenters. The molecule has 1 amide bonds. The lowest BCUT2D eigenvalue weighted by Crippen LogP contribution is -2.50. The number of piperazine rings is 1. The van der Waals surface area contributed by atoms with Crippen molar-refractivity contribution < 1.29 is 9.53 Å². The van der Waals surface area contributed by atoms with E-state index >= 15 is 0 Å². The molecule has 2 saturated heterocycles. The first-order chi connectivity index (χ1) is 14.2. The van der Waals surface area contributed by atoms with E-state index in [1.54, 1.807) is 0 Å². The third-order valence-corrected chi connectivity index (χ3v) is 6.83. The summed E-state index contributed by atoms with van der Waals surface area (Å²) in [6, 6.07) is 6.34. The topological polar surface area (TPSA) is 45.7 Å². The largest absolute Gasteiger partial charge is 0.381 e. The fourth-order valence-electron chi connectivity index (χ4n) is 5.17. The molecule has 5 heteroatoms. The first kappa shape index (κ1) is 19.0. The second-order valence-corrected chi connectivity index (χ2v) is 8.96. The lowest BCUT2D eigenvalue weighted by atomic mass is 9.89. The molecule has 3 heterocycles. The molecule has 5 rings (SSSR count). The summed E-state index contributed by atoms with van der Waals surface area (Å²) in [5.74, 6) is 0.876. The molecule has 0 N–H and O–H groups in total. The highest BCUT2D eigenvalue weighted by Gasteiger charge is 2.29. The summed E-state index contributed by atoms with van der Waals surface area (Å²) in [5, 5.41) is 1.04. The van der Waals surface area contributed by atoms with Gasteiger partial charge < -0.3 is 9.64 Å². The number of rotatable bonds is 3. The number of pyridine rings is 1. The van der Waals surface area contributed by atoms with E-state index in [9.17, 15) is 4.79 Å². The number of hydrogen-bond donors (Lipinski definition) is 0. The summed E-state index contributed by atoms with van der Waals surface area (Å²) in [4.78, 5) is 23.2. The Hall–Kier alpha value is -1.98. The van der Waals surface area contributed by atoms with Crippen LogP contribution in [0.2, 0.25) is 0 Å². The Labute approximate surface area is 173 Å². The third kappa shape index (κ3) is 3.78. The minimum atomic E-state index is 0.213. The Bertz CT molecular complexity index is 912. The molecule has 0 spiro atoms. The van der Waals surface area contributed by atoms with E-state index in [1.807, 2.05) is 0 Å². The van der Waals surface area contributed by atoms with Crippen molar-refractivity contribution in [3.8, 4) is 0 Å².